The summed E-state index contributed by atoms with van der Waals surface area (Å²) in [4.78, 5) is 35.3. The zero-order chi connectivity index (χ0) is 21.9. The van der Waals surface area contributed by atoms with Gasteiger partial charge in [0.2, 0.25) is 0 Å². The molecule has 1 amide bonds. The van der Waals surface area contributed by atoms with Crippen molar-refractivity contribution in [3.63, 3.8) is 0 Å². The van der Waals surface area contributed by atoms with Crippen LogP contribution >= 0.6 is 0 Å². The van der Waals surface area contributed by atoms with Gasteiger partial charge in [0.05, 0.1) is 19.8 Å². The van der Waals surface area contributed by atoms with Crippen molar-refractivity contribution in [1.82, 2.24) is 5.32 Å². The van der Waals surface area contributed by atoms with Crippen molar-refractivity contribution in [1.29, 1.82) is 5.26 Å². The van der Waals surface area contributed by atoms with Crippen LogP contribution in [0.2, 0.25) is 0 Å². The second kappa shape index (κ2) is 11.0. The fourth-order valence-corrected chi connectivity index (χ4v) is 2.34. The zero-order valence-corrected chi connectivity index (χ0v) is 16.5. The first-order valence-corrected chi connectivity index (χ1v) is 8.83. The molecule has 30 heavy (non-hydrogen) atoms. The predicted octanol–water partition coefficient (Wildman–Crippen LogP) is 2.25. The van der Waals surface area contributed by atoms with Gasteiger partial charge in [-0.2, -0.15) is 5.26 Å². The summed E-state index contributed by atoms with van der Waals surface area (Å²) in [5, 5.41) is 11.8. The number of amides is 1. The van der Waals surface area contributed by atoms with Gasteiger partial charge in [0.1, 0.15) is 17.4 Å². The van der Waals surface area contributed by atoms with E-state index >= 15 is 0 Å². The van der Waals surface area contributed by atoms with Crippen LogP contribution in [-0.4, -0.2) is 38.7 Å². The maximum Gasteiger partial charge on any atom is 0.349 e. The topological polar surface area (TPSA) is 115 Å². The van der Waals surface area contributed by atoms with E-state index in [0.29, 0.717) is 16.9 Å². The van der Waals surface area contributed by atoms with E-state index < -0.39 is 24.5 Å². The summed E-state index contributed by atoms with van der Waals surface area (Å²) < 4.78 is 14.6. The third-order valence-electron chi connectivity index (χ3n) is 3.97. The predicted molar refractivity (Wildman–Crippen MR) is 107 cm³/mol. The number of methoxy groups -OCH3 is 2. The molecule has 8 nitrogen and oxygen atoms in total. The van der Waals surface area contributed by atoms with Crippen LogP contribution in [0.3, 0.4) is 0 Å². The quantitative estimate of drug-likeness (QED) is 0.405. The standard InChI is InChI=1S/C22H20N2O6/c1-28-19-9-5-15(6-10-19)11-18(12-23)22(27)30-14-20(25)24-13-16-3-7-17(8-4-16)21(26)29-2/h3-11H,13-14H2,1-2H3,(H,24,25)/b18-11+. The lowest BCUT2D eigenvalue weighted by atomic mass is 10.1. The van der Waals surface area contributed by atoms with Crippen molar-refractivity contribution in [2.45, 2.75) is 6.54 Å². The number of nitrogens with zero attached hydrogens (tertiary/aromatic N) is 1. The lowest BCUT2D eigenvalue weighted by Crippen LogP contribution is -2.28. The van der Waals surface area contributed by atoms with Gasteiger partial charge in [-0.1, -0.05) is 24.3 Å². The number of rotatable bonds is 8. The van der Waals surface area contributed by atoms with Crippen LogP contribution in [0.5, 0.6) is 5.75 Å². The molecule has 8 heteroatoms. The minimum absolute atomic E-state index is 0.185. The Morgan fingerprint density at radius 2 is 1.70 bits per heavy atom. The average Bonchev–Trinajstić information content (AvgIpc) is 2.79. The summed E-state index contributed by atoms with van der Waals surface area (Å²) in [6, 6.07) is 15.0. The highest BCUT2D eigenvalue weighted by Crippen LogP contribution is 2.14. The Balaban J connectivity index is 1.85. The van der Waals surface area contributed by atoms with Gasteiger partial charge in [-0.3, -0.25) is 4.79 Å². The van der Waals surface area contributed by atoms with Crippen molar-refractivity contribution in [2.24, 2.45) is 0 Å². The lowest BCUT2D eigenvalue weighted by molar-refractivity contribution is -0.144. The van der Waals surface area contributed by atoms with E-state index in [0.717, 1.165) is 5.56 Å². The van der Waals surface area contributed by atoms with Crippen LogP contribution in [0.4, 0.5) is 0 Å². The van der Waals surface area contributed by atoms with E-state index in [2.05, 4.69) is 10.1 Å². The minimum atomic E-state index is -0.897. The summed E-state index contributed by atoms with van der Waals surface area (Å²) in [7, 11) is 2.83. The highest BCUT2D eigenvalue weighted by Gasteiger charge is 2.13. The maximum atomic E-state index is 12.0. The molecule has 154 valence electrons. The van der Waals surface area contributed by atoms with Crippen LogP contribution in [0, 0.1) is 11.3 Å². The molecule has 0 saturated heterocycles. The number of hydrogen-bond donors (Lipinski definition) is 1. The Labute approximate surface area is 173 Å². The largest absolute Gasteiger partial charge is 0.497 e. The lowest BCUT2D eigenvalue weighted by Gasteiger charge is -2.07. The van der Waals surface area contributed by atoms with Crippen molar-refractivity contribution in [2.75, 3.05) is 20.8 Å². The Kier molecular flexibility index (Phi) is 8.15. The number of hydrogen-bond acceptors (Lipinski definition) is 7. The fraction of sp³-hybridized carbons (Fsp3) is 0.182. The molecule has 1 N–H and O–H groups in total. The Morgan fingerprint density at radius 1 is 1.03 bits per heavy atom. The van der Waals surface area contributed by atoms with E-state index in [1.807, 2.05) is 0 Å². The van der Waals surface area contributed by atoms with E-state index in [1.54, 1.807) is 54.6 Å². The maximum absolute atomic E-state index is 12.0. The second-order valence-electron chi connectivity index (χ2n) is 5.98. The van der Waals surface area contributed by atoms with E-state index in [4.69, 9.17) is 9.47 Å². The fourth-order valence-electron chi connectivity index (χ4n) is 2.34. The third kappa shape index (κ3) is 6.49. The number of nitrogens with one attached hydrogen (secondary N) is 1. The van der Waals surface area contributed by atoms with Gasteiger partial charge >= 0.3 is 11.9 Å². The minimum Gasteiger partial charge on any atom is -0.497 e. The van der Waals surface area contributed by atoms with E-state index in [1.165, 1.54) is 20.3 Å². The van der Waals surface area contributed by atoms with Gasteiger partial charge in [0, 0.05) is 6.54 Å². The van der Waals surface area contributed by atoms with Crippen molar-refractivity contribution >= 4 is 23.9 Å². The van der Waals surface area contributed by atoms with Crippen LogP contribution in [0.25, 0.3) is 6.08 Å². The number of nitriles is 1. The molecule has 0 spiro atoms. The SMILES string of the molecule is COC(=O)c1ccc(CNC(=O)COC(=O)/C(C#N)=C/c2ccc(OC)cc2)cc1. The van der Waals surface area contributed by atoms with Crippen molar-refractivity contribution < 1.29 is 28.6 Å². The average molecular weight is 408 g/mol. The van der Waals surface area contributed by atoms with Gasteiger partial charge in [-0.25, -0.2) is 9.59 Å². The van der Waals surface area contributed by atoms with Gasteiger partial charge < -0.3 is 19.5 Å². The summed E-state index contributed by atoms with van der Waals surface area (Å²) in [5.74, 6) is -1.23. The zero-order valence-electron chi connectivity index (χ0n) is 16.5. The molecule has 2 rings (SSSR count). The van der Waals surface area contributed by atoms with Crippen molar-refractivity contribution in [3.8, 4) is 11.8 Å². The molecule has 0 fully saturated rings. The van der Waals surface area contributed by atoms with Crippen LogP contribution in [0.1, 0.15) is 21.5 Å². The normalized spacial score (nSPS) is 10.5. The Bertz CT molecular complexity index is 972. The first-order chi connectivity index (χ1) is 14.5. The van der Waals surface area contributed by atoms with E-state index in [-0.39, 0.29) is 12.1 Å². The molecular formula is C22H20N2O6. The molecule has 0 saturated carbocycles. The molecule has 0 atom stereocenters. The Hall–Kier alpha value is -4.12. The number of benzene rings is 2. The van der Waals surface area contributed by atoms with E-state index in [9.17, 15) is 19.6 Å². The second-order valence-corrected chi connectivity index (χ2v) is 5.98. The van der Waals surface area contributed by atoms with Crippen molar-refractivity contribution in [3.05, 3.63) is 70.8 Å². The van der Waals surface area contributed by atoms with Crippen LogP contribution in [-0.2, 0) is 25.6 Å². The summed E-state index contributed by atoms with van der Waals surface area (Å²) >= 11 is 0. The van der Waals surface area contributed by atoms with Gasteiger partial charge in [-0.15, -0.1) is 0 Å². The Morgan fingerprint density at radius 3 is 2.27 bits per heavy atom. The number of carbonyl (C=O) groups is 3. The smallest absolute Gasteiger partial charge is 0.349 e. The molecular weight excluding hydrogens is 388 g/mol. The molecule has 0 aliphatic rings. The molecule has 2 aromatic carbocycles. The molecule has 0 aromatic heterocycles. The molecule has 2 aromatic rings. The van der Waals surface area contributed by atoms with Crippen LogP contribution < -0.4 is 10.1 Å². The molecule has 0 bridgehead atoms. The van der Waals surface area contributed by atoms with Gasteiger partial charge in [0.25, 0.3) is 5.91 Å². The number of esters is 2. The highest BCUT2D eigenvalue weighted by molar-refractivity contribution is 5.98. The number of carbonyl (C=O) groups excluding carboxylic acids is 3. The molecule has 0 unspecified atom stereocenters. The monoisotopic (exact) mass is 408 g/mol. The van der Waals surface area contributed by atoms with Gasteiger partial charge in [0.15, 0.2) is 6.61 Å². The van der Waals surface area contributed by atoms with Gasteiger partial charge in [-0.05, 0) is 41.5 Å². The summed E-state index contributed by atoms with van der Waals surface area (Å²) in [6.07, 6.45) is 1.36. The molecule has 0 aliphatic carbocycles. The summed E-state index contributed by atoms with van der Waals surface area (Å²) in [5.41, 5.74) is 1.53. The third-order valence-corrected chi connectivity index (χ3v) is 3.97. The molecule has 0 aliphatic heterocycles. The first kappa shape index (κ1) is 22.2. The highest BCUT2D eigenvalue weighted by atomic mass is 16.5. The molecule has 0 heterocycles. The first-order valence-electron chi connectivity index (χ1n) is 8.83. The van der Waals surface area contributed by atoms with Crippen LogP contribution in [0.15, 0.2) is 54.1 Å². The number of ether oxygens (including phenoxy) is 3. The summed E-state index contributed by atoms with van der Waals surface area (Å²) in [6.45, 7) is -0.342. The molecule has 0 radical (unpaired) electrons.